The average molecular weight is 1340 g/mol. The van der Waals surface area contributed by atoms with Gasteiger partial charge in [0.1, 0.15) is 17.5 Å². The van der Waals surface area contributed by atoms with Crippen molar-refractivity contribution < 1.29 is 40.9 Å². The number of carbonyl (C=O) groups excluding carboxylic acids is 4. The molecule has 24 heteroatoms. The number of tetrazole rings is 2. The van der Waals surface area contributed by atoms with Crippen LogP contribution >= 0.6 is 0 Å². The molecule has 0 saturated carbocycles. The van der Waals surface area contributed by atoms with Gasteiger partial charge < -0.3 is 46.6 Å². The molecule has 6 N–H and O–H groups in total. The number of hydrogen-bond donors (Lipinski definition) is 6. The van der Waals surface area contributed by atoms with Crippen molar-refractivity contribution in [2.45, 2.75) is 90.9 Å². The minimum atomic E-state index is -0.261. The molecule has 3 fully saturated rings. The molecule has 8 aromatic rings. The Kier molecular flexibility index (Phi) is 27.6. The lowest BCUT2D eigenvalue weighted by Crippen LogP contribution is -2.38. The van der Waals surface area contributed by atoms with Crippen LogP contribution in [0, 0.1) is 42.1 Å². The smallest absolute Gasteiger partial charge is 0.319 e. The highest BCUT2D eigenvalue weighted by Gasteiger charge is 2.23. The minimum absolute atomic E-state index is 0. The van der Waals surface area contributed by atoms with E-state index in [0.29, 0.717) is 71.7 Å². The van der Waals surface area contributed by atoms with E-state index >= 15 is 0 Å². The molecule has 0 bridgehead atoms. The van der Waals surface area contributed by atoms with E-state index in [1.165, 1.54) is 98.5 Å². The van der Waals surface area contributed by atoms with Gasteiger partial charge in [-0.25, -0.2) is 36.9 Å². The zero-order chi connectivity index (χ0) is 68.3. The molecule has 526 valence electrons. The van der Waals surface area contributed by atoms with Crippen LogP contribution in [0.15, 0.2) is 140 Å². The first-order valence-electron chi connectivity index (χ1n) is 33.9. The maximum absolute atomic E-state index is 13.1. The van der Waals surface area contributed by atoms with E-state index in [9.17, 15) is 32.3 Å². The number of piperidine rings is 3. The number of amides is 6. The number of hydrogen-bond acceptors (Lipinski definition) is 13. The van der Waals surface area contributed by atoms with Crippen LogP contribution < -0.4 is 31.9 Å². The quantitative estimate of drug-likeness (QED) is 0.0244. The summed E-state index contributed by atoms with van der Waals surface area (Å²) < 4.78 is 42.5. The fourth-order valence-electron chi connectivity index (χ4n) is 12.9. The molecule has 0 spiro atoms. The van der Waals surface area contributed by atoms with Gasteiger partial charge >= 0.3 is 18.1 Å². The predicted molar refractivity (Wildman–Crippen MR) is 385 cm³/mol. The van der Waals surface area contributed by atoms with Crippen LogP contribution in [0.25, 0.3) is 22.8 Å². The number of nitrogens with zero attached hydrogens (tertiary/aromatic N) is 11. The SMILES string of the molecule is CC(=O)c1cccc(NC(=O)NCCCN2CCC[C@@H](Cc3ccc(F)cc3)C2)c1.Cc1cc(NC(=O)NCCCN2CCC[C@@H](Cc3ccc(F)cc3)C2)cc(-c2nnnn2C)c1.Cn1nnnc1-c1cccc(NC(=O)NCCCN2CCC[C@@H](Cc3ccc(F)cc3)C2)c1.[HH].[HH].[HH].[HH].[HH].[HH]. The Labute approximate surface area is 575 Å². The topological polar surface area (TPSA) is 237 Å². The predicted octanol–water partition coefficient (Wildman–Crippen LogP) is 13.2. The number of Topliss-reactive ketones (excluding diaryl/α,β-unsaturated/α-hetero) is 1. The van der Waals surface area contributed by atoms with E-state index in [4.69, 9.17) is 0 Å². The van der Waals surface area contributed by atoms with Gasteiger partial charge in [-0.3, -0.25) is 4.79 Å². The molecule has 2 aromatic heterocycles. The van der Waals surface area contributed by atoms with E-state index in [0.717, 1.165) is 114 Å². The Balaban J connectivity index is 0.000000391. The third-order valence-electron chi connectivity index (χ3n) is 17.7. The van der Waals surface area contributed by atoms with Gasteiger partial charge in [-0.05, 0) is 270 Å². The molecule has 3 aliphatic heterocycles. The van der Waals surface area contributed by atoms with Crippen molar-refractivity contribution in [1.82, 2.24) is 71.1 Å². The Morgan fingerprint density at radius 1 is 0.474 bits per heavy atom. The summed E-state index contributed by atoms with van der Waals surface area (Å²) in [4.78, 5) is 55.6. The van der Waals surface area contributed by atoms with Crippen molar-refractivity contribution in [3.8, 4) is 22.8 Å². The second kappa shape index (κ2) is 37.2. The van der Waals surface area contributed by atoms with Gasteiger partial charge in [0, 0.05) is 95.7 Å². The number of anilines is 3. The van der Waals surface area contributed by atoms with Gasteiger partial charge in [-0.1, -0.05) is 60.7 Å². The van der Waals surface area contributed by atoms with E-state index in [-0.39, 0.29) is 49.9 Å². The van der Waals surface area contributed by atoms with E-state index in [1.807, 2.05) is 85.8 Å². The van der Waals surface area contributed by atoms with Gasteiger partial charge in [-0.15, -0.1) is 10.2 Å². The zero-order valence-electron chi connectivity index (χ0n) is 56.2. The lowest BCUT2D eigenvalue weighted by Gasteiger charge is -2.32. The number of aromatic nitrogens is 8. The molecule has 5 heterocycles. The normalized spacial score (nSPS) is 16.5. The van der Waals surface area contributed by atoms with Gasteiger partial charge in [-0.2, -0.15) is 0 Å². The van der Waals surface area contributed by atoms with Crippen LogP contribution in [0.5, 0.6) is 0 Å². The summed E-state index contributed by atoms with van der Waals surface area (Å²) >= 11 is 0. The molecule has 6 aromatic carbocycles. The number of ketones is 1. The number of rotatable bonds is 24. The van der Waals surface area contributed by atoms with Crippen molar-refractivity contribution in [1.29, 1.82) is 0 Å². The summed E-state index contributed by atoms with van der Waals surface area (Å²) in [6, 6.07) is 39.9. The first-order chi connectivity index (χ1) is 47.0. The van der Waals surface area contributed by atoms with E-state index in [1.54, 1.807) is 47.7 Å². The van der Waals surface area contributed by atoms with Gasteiger partial charge in [0.25, 0.3) is 0 Å². The molecule has 6 amide bonds. The number of aryl methyl sites for hydroxylation is 3. The van der Waals surface area contributed by atoms with Crippen LogP contribution in [-0.2, 0) is 33.4 Å². The van der Waals surface area contributed by atoms with Gasteiger partial charge in [0.2, 0.25) is 0 Å². The van der Waals surface area contributed by atoms with E-state index in [2.05, 4.69) is 77.7 Å². The zero-order valence-corrected chi connectivity index (χ0v) is 56.2. The number of halogens is 3. The Morgan fingerprint density at radius 3 is 1.26 bits per heavy atom. The third kappa shape index (κ3) is 24.3. The van der Waals surface area contributed by atoms with Gasteiger partial charge in [0.15, 0.2) is 17.4 Å². The van der Waals surface area contributed by atoms with Crippen LogP contribution in [0.2, 0.25) is 0 Å². The standard InChI is InChI=1S/C25H32FN7O.C24H30FN7O.C24H30FN3O2.6H2/c1-18-13-21(24-29-30-31-32(24)2)16-23(14-18)28-25(34)27-10-4-12-33-11-3-5-20(17-33)15-19-6-8-22(26)9-7-19;1-31-23(28-29-30-31)20-6-2-7-22(16-20)27-24(33)26-12-4-14-32-13-3-5-19(17-32)15-18-8-10-21(25)11-9-18;1-18(29)21-6-2-7-23(16-21)27-24(30)26-12-4-14-28-13-3-5-20(17-28)15-19-8-10-22(25)11-9-19;;;;;;/h6-9,13-14,16,20H,3-5,10-12,15,17H2,1-2H3,(H2,27,28,34);2,6-11,16,19H,3-5,12-15,17H2,1H3,(H2,26,27,33);2,6-11,16,20H,3-5,12-15,17H2,1H3,(H2,26,27,30);6*1H/t20-;19-;20-;;;;;;/m000....../s1. The van der Waals surface area contributed by atoms with Crippen LogP contribution in [0.1, 0.15) is 106 Å². The number of likely N-dealkylation sites (tertiary alicyclic amines) is 3. The number of nitrogens with one attached hydrogen (secondary N) is 6. The van der Waals surface area contributed by atoms with Crippen LogP contribution in [0.4, 0.5) is 44.6 Å². The first-order valence-corrected chi connectivity index (χ1v) is 33.9. The molecule has 3 aliphatic rings. The van der Waals surface area contributed by atoms with Crippen LogP contribution in [0.3, 0.4) is 0 Å². The summed E-state index contributed by atoms with van der Waals surface area (Å²) in [5, 5.41) is 40.4. The molecule has 0 aliphatic carbocycles. The fraction of sp³-hybridized carbons (Fsp3) is 0.425. The Morgan fingerprint density at radius 2 is 0.856 bits per heavy atom. The fourth-order valence-corrected chi connectivity index (χ4v) is 12.9. The maximum atomic E-state index is 13.1. The van der Waals surface area contributed by atoms with Crippen LogP contribution in [-0.4, -0.2) is 158 Å². The molecular weight excluding hydrogens is 1240 g/mol. The van der Waals surface area contributed by atoms with Crippen molar-refractivity contribution in [3.05, 3.63) is 185 Å². The molecule has 3 atom stereocenters. The summed E-state index contributed by atoms with van der Waals surface area (Å²) in [6.45, 7) is 14.5. The lowest BCUT2D eigenvalue weighted by molar-refractivity contribution is 0.101. The molecular formula is C73H104F3N17O4. The maximum Gasteiger partial charge on any atom is 0.319 e. The second-order valence-electron chi connectivity index (χ2n) is 25.7. The summed E-state index contributed by atoms with van der Waals surface area (Å²) in [5.41, 5.74) is 8.86. The highest BCUT2D eigenvalue weighted by molar-refractivity contribution is 5.97. The number of benzene rings is 6. The van der Waals surface area contributed by atoms with Crippen molar-refractivity contribution in [2.75, 3.05) is 94.5 Å². The highest BCUT2D eigenvalue weighted by atomic mass is 19.1. The second-order valence-corrected chi connectivity index (χ2v) is 25.7. The number of urea groups is 3. The Bertz CT molecular complexity index is 3810. The average Bonchev–Trinajstić information content (AvgIpc) is 1.78. The number of carbonyl (C=O) groups is 4. The Hall–Kier alpha value is -9.39. The summed E-state index contributed by atoms with van der Waals surface area (Å²) in [6.07, 6.45) is 12.8. The molecule has 21 nitrogen and oxygen atoms in total. The van der Waals surface area contributed by atoms with Crippen molar-refractivity contribution >= 4 is 40.9 Å². The minimum Gasteiger partial charge on any atom is -0.338 e. The summed E-state index contributed by atoms with van der Waals surface area (Å²) in [5.74, 6) is 2.48. The molecule has 97 heavy (non-hydrogen) atoms. The first kappa shape index (κ1) is 71.9. The largest absolute Gasteiger partial charge is 0.338 e. The monoisotopic (exact) mass is 1340 g/mol. The molecule has 0 radical (unpaired) electrons. The van der Waals surface area contributed by atoms with E-state index < -0.39 is 0 Å². The third-order valence-corrected chi connectivity index (χ3v) is 17.7. The molecule has 0 unspecified atom stereocenters. The molecule has 11 rings (SSSR count). The molecule has 3 saturated heterocycles. The summed E-state index contributed by atoms with van der Waals surface area (Å²) in [7, 11) is 3.56. The lowest BCUT2D eigenvalue weighted by atomic mass is 9.91. The van der Waals surface area contributed by atoms with Crippen molar-refractivity contribution in [2.24, 2.45) is 31.8 Å². The highest BCUT2D eigenvalue weighted by Crippen LogP contribution is 2.27. The van der Waals surface area contributed by atoms with Crippen molar-refractivity contribution in [3.63, 3.8) is 0 Å². The van der Waals surface area contributed by atoms with Gasteiger partial charge in [0.05, 0.1) is 0 Å².